The maximum absolute atomic E-state index is 13.5. The lowest BCUT2D eigenvalue weighted by molar-refractivity contribution is -0.130. The van der Waals surface area contributed by atoms with E-state index < -0.39 is 53.6 Å². The number of esters is 1. The summed E-state index contributed by atoms with van der Waals surface area (Å²) in [6, 6.07) is 7.20. The van der Waals surface area contributed by atoms with E-state index in [0.29, 0.717) is 11.8 Å². The SMILES string of the molecule is CC(=O)Nc1ccc(C(=O)O[C@@H](C)C(=O)NCC(=O)Nc2ccc(F)c(F)c2F)cc1. The number of carbonyl (C=O) groups is 4. The maximum Gasteiger partial charge on any atom is 0.338 e. The van der Waals surface area contributed by atoms with Crippen molar-refractivity contribution in [1.82, 2.24) is 5.32 Å². The number of benzene rings is 2. The lowest BCUT2D eigenvalue weighted by atomic mass is 10.2. The van der Waals surface area contributed by atoms with Crippen molar-refractivity contribution in [1.29, 1.82) is 0 Å². The molecule has 1 atom stereocenters. The number of ether oxygens (including phenoxy) is 1. The Kier molecular flexibility index (Phi) is 7.72. The minimum atomic E-state index is -1.74. The summed E-state index contributed by atoms with van der Waals surface area (Å²) in [5.74, 6) is -7.56. The van der Waals surface area contributed by atoms with Gasteiger partial charge < -0.3 is 20.7 Å². The van der Waals surface area contributed by atoms with Crippen LogP contribution in [0, 0.1) is 17.5 Å². The fourth-order valence-corrected chi connectivity index (χ4v) is 2.30. The molecule has 0 aliphatic carbocycles. The van der Waals surface area contributed by atoms with Crippen molar-refractivity contribution in [3.63, 3.8) is 0 Å². The van der Waals surface area contributed by atoms with Gasteiger partial charge in [0.2, 0.25) is 11.8 Å². The number of hydrogen-bond acceptors (Lipinski definition) is 5. The average Bonchev–Trinajstić information content (AvgIpc) is 2.72. The first-order valence-electron chi connectivity index (χ1n) is 8.88. The summed E-state index contributed by atoms with van der Waals surface area (Å²) in [5.41, 5.74) is -0.000955. The quantitative estimate of drug-likeness (QED) is 0.455. The third-order valence-electron chi connectivity index (χ3n) is 3.83. The Morgan fingerprint density at radius 1 is 0.935 bits per heavy atom. The van der Waals surface area contributed by atoms with Crippen molar-refractivity contribution < 1.29 is 37.1 Å². The van der Waals surface area contributed by atoms with Crippen LogP contribution in [0.1, 0.15) is 24.2 Å². The number of nitrogens with one attached hydrogen (secondary N) is 3. The summed E-state index contributed by atoms with van der Waals surface area (Å²) in [4.78, 5) is 46.9. The van der Waals surface area contributed by atoms with E-state index in [1.54, 1.807) is 0 Å². The zero-order valence-electron chi connectivity index (χ0n) is 16.4. The Morgan fingerprint density at radius 3 is 2.19 bits per heavy atom. The molecule has 0 aliphatic rings. The van der Waals surface area contributed by atoms with Crippen LogP contribution in [0.3, 0.4) is 0 Å². The zero-order valence-corrected chi connectivity index (χ0v) is 16.4. The van der Waals surface area contributed by atoms with Gasteiger partial charge in [0.25, 0.3) is 5.91 Å². The second-order valence-corrected chi connectivity index (χ2v) is 6.29. The minimum absolute atomic E-state index is 0.125. The zero-order chi connectivity index (χ0) is 23.1. The van der Waals surface area contributed by atoms with Crippen LogP contribution in [0.15, 0.2) is 36.4 Å². The summed E-state index contributed by atoms with van der Waals surface area (Å²) >= 11 is 0. The predicted molar refractivity (Wildman–Crippen MR) is 104 cm³/mol. The van der Waals surface area contributed by atoms with Crippen LogP contribution in [0.2, 0.25) is 0 Å². The van der Waals surface area contributed by atoms with Gasteiger partial charge in [0.05, 0.1) is 17.8 Å². The molecule has 0 spiro atoms. The van der Waals surface area contributed by atoms with Crippen LogP contribution in [0.25, 0.3) is 0 Å². The Bertz CT molecular complexity index is 1010. The van der Waals surface area contributed by atoms with Crippen molar-refractivity contribution >= 4 is 35.1 Å². The molecule has 0 unspecified atom stereocenters. The second kappa shape index (κ2) is 10.2. The highest BCUT2D eigenvalue weighted by molar-refractivity contribution is 5.96. The Balaban J connectivity index is 1.85. The molecular formula is C20H18F3N3O5. The number of carbonyl (C=O) groups excluding carboxylic acids is 4. The van der Waals surface area contributed by atoms with Gasteiger partial charge in [0.1, 0.15) is 0 Å². The van der Waals surface area contributed by atoms with Crippen LogP contribution in [-0.4, -0.2) is 36.3 Å². The largest absolute Gasteiger partial charge is 0.449 e. The molecule has 0 aliphatic heterocycles. The summed E-state index contributed by atoms with van der Waals surface area (Å²) in [6.07, 6.45) is -1.27. The Labute approximate surface area is 174 Å². The number of hydrogen-bond donors (Lipinski definition) is 3. The summed E-state index contributed by atoms with van der Waals surface area (Å²) in [5, 5.41) is 6.68. The van der Waals surface area contributed by atoms with E-state index in [-0.39, 0.29) is 11.5 Å². The van der Waals surface area contributed by atoms with Gasteiger partial charge in [-0.1, -0.05) is 0 Å². The van der Waals surface area contributed by atoms with Gasteiger partial charge in [-0.15, -0.1) is 0 Å². The number of halogens is 3. The average molecular weight is 437 g/mol. The molecule has 0 saturated carbocycles. The van der Waals surface area contributed by atoms with Gasteiger partial charge in [-0.25, -0.2) is 18.0 Å². The van der Waals surface area contributed by atoms with E-state index in [9.17, 15) is 32.3 Å². The highest BCUT2D eigenvalue weighted by Gasteiger charge is 2.20. The molecule has 0 heterocycles. The van der Waals surface area contributed by atoms with E-state index in [1.807, 2.05) is 5.32 Å². The van der Waals surface area contributed by atoms with Crippen LogP contribution < -0.4 is 16.0 Å². The molecule has 11 heteroatoms. The first kappa shape index (κ1) is 23.4. The lowest BCUT2D eigenvalue weighted by Gasteiger charge is -2.14. The molecule has 2 aromatic carbocycles. The first-order valence-corrected chi connectivity index (χ1v) is 8.88. The maximum atomic E-state index is 13.5. The van der Waals surface area contributed by atoms with Crippen molar-refractivity contribution in [2.75, 3.05) is 17.2 Å². The Hall–Kier alpha value is -3.89. The summed E-state index contributed by atoms with van der Waals surface area (Å²) in [6.45, 7) is 1.97. The standard InChI is InChI=1S/C20H18F3N3O5/c1-10(31-20(30)12-3-5-13(6-4-12)25-11(2)27)19(29)24-9-16(28)26-15-8-7-14(21)17(22)18(15)23/h3-8,10H,9H2,1-2H3,(H,24,29)(H,25,27)(H,26,28)/t10-/m0/s1. The topological polar surface area (TPSA) is 114 Å². The molecule has 0 radical (unpaired) electrons. The van der Waals surface area contributed by atoms with Gasteiger partial charge in [-0.05, 0) is 43.3 Å². The Morgan fingerprint density at radius 2 is 1.58 bits per heavy atom. The molecule has 2 aromatic rings. The van der Waals surface area contributed by atoms with Crippen LogP contribution in [-0.2, 0) is 19.1 Å². The molecule has 0 saturated heterocycles. The highest BCUT2D eigenvalue weighted by Crippen LogP contribution is 2.19. The van der Waals surface area contributed by atoms with Crippen molar-refractivity contribution in [3.8, 4) is 0 Å². The van der Waals surface area contributed by atoms with Crippen LogP contribution in [0.5, 0.6) is 0 Å². The molecule has 3 N–H and O–H groups in total. The highest BCUT2D eigenvalue weighted by atomic mass is 19.2. The van der Waals surface area contributed by atoms with Gasteiger partial charge in [-0.2, -0.15) is 0 Å². The first-order chi connectivity index (χ1) is 14.6. The predicted octanol–water partition coefficient (Wildman–Crippen LogP) is 2.36. The molecule has 164 valence electrons. The fraction of sp³-hybridized carbons (Fsp3) is 0.200. The lowest BCUT2D eigenvalue weighted by Crippen LogP contribution is -2.40. The molecule has 0 bridgehead atoms. The number of amides is 3. The number of anilines is 2. The number of rotatable bonds is 7. The molecular weight excluding hydrogens is 419 g/mol. The van der Waals surface area contributed by atoms with Gasteiger partial charge >= 0.3 is 5.97 Å². The fourth-order valence-electron chi connectivity index (χ4n) is 2.30. The third kappa shape index (κ3) is 6.56. The second-order valence-electron chi connectivity index (χ2n) is 6.29. The van der Waals surface area contributed by atoms with E-state index >= 15 is 0 Å². The van der Waals surface area contributed by atoms with E-state index in [2.05, 4.69) is 10.6 Å². The minimum Gasteiger partial charge on any atom is -0.449 e. The molecule has 8 nitrogen and oxygen atoms in total. The van der Waals surface area contributed by atoms with Gasteiger partial charge in [0, 0.05) is 12.6 Å². The molecule has 2 rings (SSSR count). The van der Waals surface area contributed by atoms with Crippen molar-refractivity contribution in [2.45, 2.75) is 20.0 Å². The molecule has 3 amide bonds. The summed E-state index contributed by atoms with van der Waals surface area (Å²) < 4.78 is 44.6. The monoisotopic (exact) mass is 437 g/mol. The smallest absolute Gasteiger partial charge is 0.338 e. The van der Waals surface area contributed by atoms with Crippen molar-refractivity contribution in [2.24, 2.45) is 0 Å². The van der Waals surface area contributed by atoms with Crippen LogP contribution in [0.4, 0.5) is 24.5 Å². The molecule has 0 aromatic heterocycles. The van der Waals surface area contributed by atoms with Gasteiger partial charge in [-0.3, -0.25) is 14.4 Å². The van der Waals surface area contributed by atoms with E-state index in [0.717, 1.165) is 6.07 Å². The molecule has 31 heavy (non-hydrogen) atoms. The summed E-state index contributed by atoms with van der Waals surface area (Å²) in [7, 11) is 0. The van der Waals surface area contributed by atoms with E-state index in [4.69, 9.17) is 4.74 Å². The van der Waals surface area contributed by atoms with E-state index in [1.165, 1.54) is 38.1 Å². The normalized spacial score (nSPS) is 11.3. The third-order valence-corrected chi connectivity index (χ3v) is 3.83. The van der Waals surface area contributed by atoms with Crippen molar-refractivity contribution in [3.05, 3.63) is 59.4 Å². The molecule has 0 fully saturated rings. The van der Waals surface area contributed by atoms with Crippen LogP contribution >= 0.6 is 0 Å². The van der Waals surface area contributed by atoms with Gasteiger partial charge in [0.15, 0.2) is 23.6 Å².